The number of benzene rings is 1. The summed E-state index contributed by atoms with van der Waals surface area (Å²) in [5.41, 5.74) is 7.40. The Hall–Kier alpha value is -1.68. The van der Waals surface area contributed by atoms with Gasteiger partial charge in [0.2, 0.25) is 0 Å². The van der Waals surface area contributed by atoms with E-state index in [1.54, 1.807) is 18.4 Å². The molecule has 17 heavy (non-hydrogen) atoms. The van der Waals surface area contributed by atoms with Gasteiger partial charge in [0.15, 0.2) is 5.89 Å². The smallest absolute Gasteiger partial charge is 0.198 e. The molecule has 4 heteroatoms. The fraction of sp³-hybridized carbons (Fsp3) is 0.308. The molecule has 0 aliphatic heterocycles. The van der Waals surface area contributed by atoms with Gasteiger partial charge in [0.05, 0.1) is 5.69 Å². The van der Waals surface area contributed by atoms with Gasteiger partial charge in [-0.05, 0) is 17.7 Å². The minimum atomic E-state index is -0.237. The van der Waals surface area contributed by atoms with Crippen molar-refractivity contribution in [1.29, 1.82) is 0 Å². The lowest BCUT2D eigenvalue weighted by Gasteiger charge is -2.01. The first kappa shape index (κ1) is 11.8. The average Bonchev–Trinajstić information content (AvgIpc) is 2.80. The zero-order valence-electron chi connectivity index (χ0n) is 9.69. The Labute approximate surface area is 99.5 Å². The SMILES string of the molecule is CC(CN)c1coc(Cc2ccc(F)cc2)n1. The van der Waals surface area contributed by atoms with Crippen LogP contribution in [0.4, 0.5) is 4.39 Å². The second-order valence-corrected chi connectivity index (χ2v) is 4.11. The van der Waals surface area contributed by atoms with Crippen molar-refractivity contribution in [2.45, 2.75) is 19.3 Å². The molecule has 1 aromatic heterocycles. The zero-order valence-corrected chi connectivity index (χ0v) is 9.69. The molecule has 0 aliphatic rings. The highest BCUT2D eigenvalue weighted by molar-refractivity contribution is 5.19. The summed E-state index contributed by atoms with van der Waals surface area (Å²) in [7, 11) is 0. The van der Waals surface area contributed by atoms with E-state index >= 15 is 0 Å². The zero-order chi connectivity index (χ0) is 12.3. The summed E-state index contributed by atoms with van der Waals surface area (Å²) in [6, 6.07) is 6.32. The number of halogens is 1. The van der Waals surface area contributed by atoms with Gasteiger partial charge in [-0.2, -0.15) is 0 Å². The van der Waals surface area contributed by atoms with Crippen LogP contribution in [0.3, 0.4) is 0 Å². The first-order valence-corrected chi connectivity index (χ1v) is 5.58. The van der Waals surface area contributed by atoms with E-state index in [1.807, 2.05) is 6.92 Å². The van der Waals surface area contributed by atoms with E-state index in [0.717, 1.165) is 11.3 Å². The van der Waals surface area contributed by atoms with Crippen molar-refractivity contribution in [2.24, 2.45) is 5.73 Å². The number of nitrogens with two attached hydrogens (primary N) is 1. The van der Waals surface area contributed by atoms with E-state index in [4.69, 9.17) is 10.2 Å². The summed E-state index contributed by atoms with van der Waals surface area (Å²) in [4.78, 5) is 4.36. The normalized spacial score (nSPS) is 12.6. The van der Waals surface area contributed by atoms with Crippen molar-refractivity contribution in [3.63, 3.8) is 0 Å². The van der Waals surface area contributed by atoms with Gasteiger partial charge >= 0.3 is 0 Å². The maximum atomic E-state index is 12.7. The molecule has 2 rings (SSSR count). The van der Waals surface area contributed by atoms with E-state index in [2.05, 4.69) is 4.98 Å². The molecular weight excluding hydrogens is 219 g/mol. The third kappa shape index (κ3) is 2.91. The van der Waals surface area contributed by atoms with Crippen LogP contribution in [0.25, 0.3) is 0 Å². The van der Waals surface area contributed by atoms with Crippen molar-refractivity contribution in [1.82, 2.24) is 4.98 Å². The highest BCUT2D eigenvalue weighted by atomic mass is 19.1. The number of rotatable bonds is 4. The summed E-state index contributed by atoms with van der Waals surface area (Å²) in [6.45, 7) is 2.54. The summed E-state index contributed by atoms with van der Waals surface area (Å²) >= 11 is 0. The lowest BCUT2D eigenvalue weighted by molar-refractivity contribution is 0.505. The minimum Gasteiger partial charge on any atom is -0.448 e. The monoisotopic (exact) mass is 234 g/mol. The highest BCUT2D eigenvalue weighted by Gasteiger charge is 2.10. The second-order valence-electron chi connectivity index (χ2n) is 4.11. The van der Waals surface area contributed by atoms with Crippen LogP contribution >= 0.6 is 0 Å². The largest absolute Gasteiger partial charge is 0.448 e. The number of oxazole rings is 1. The Morgan fingerprint density at radius 2 is 2.06 bits per heavy atom. The summed E-state index contributed by atoms with van der Waals surface area (Å²) in [5.74, 6) is 0.589. The van der Waals surface area contributed by atoms with Gasteiger partial charge in [-0.15, -0.1) is 0 Å². The van der Waals surface area contributed by atoms with Gasteiger partial charge in [0, 0.05) is 18.9 Å². The van der Waals surface area contributed by atoms with Gasteiger partial charge in [0.25, 0.3) is 0 Å². The van der Waals surface area contributed by atoms with Crippen molar-refractivity contribution >= 4 is 0 Å². The first-order chi connectivity index (χ1) is 8.19. The summed E-state index contributed by atoms with van der Waals surface area (Å²) in [5, 5.41) is 0. The van der Waals surface area contributed by atoms with E-state index in [-0.39, 0.29) is 11.7 Å². The summed E-state index contributed by atoms with van der Waals surface area (Å²) < 4.78 is 18.1. The van der Waals surface area contributed by atoms with Crippen LogP contribution in [0.1, 0.15) is 30.0 Å². The maximum Gasteiger partial charge on any atom is 0.198 e. The molecule has 0 fully saturated rings. The van der Waals surface area contributed by atoms with E-state index in [0.29, 0.717) is 18.9 Å². The Morgan fingerprint density at radius 3 is 2.71 bits per heavy atom. The predicted octanol–water partition coefficient (Wildman–Crippen LogP) is 2.47. The predicted molar refractivity (Wildman–Crippen MR) is 63.2 cm³/mol. The molecule has 0 aliphatic carbocycles. The Balaban J connectivity index is 2.08. The Bertz CT molecular complexity index is 478. The van der Waals surface area contributed by atoms with Crippen molar-refractivity contribution < 1.29 is 8.81 Å². The van der Waals surface area contributed by atoms with Crippen molar-refractivity contribution in [3.05, 3.63) is 53.5 Å². The van der Waals surface area contributed by atoms with Gasteiger partial charge in [-0.1, -0.05) is 19.1 Å². The molecule has 0 saturated carbocycles. The van der Waals surface area contributed by atoms with Crippen LogP contribution < -0.4 is 5.73 Å². The van der Waals surface area contributed by atoms with Gasteiger partial charge < -0.3 is 10.2 Å². The highest BCUT2D eigenvalue weighted by Crippen LogP contribution is 2.15. The standard InChI is InChI=1S/C13H15FN2O/c1-9(7-15)12-8-17-13(16-12)6-10-2-4-11(14)5-3-10/h2-5,8-9H,6-7,15H2,1H3. The van der Waals surface area contributed by atoms with Crippen molar-refractivity contribution in [2.75, 3.05) is 6.54 Å². The molecular formula is C13H15FN2O. The molecule has 2 N–H and O–H groups in total. The van der Waals surface area contributed by atoms with E-state index in [1.165, 1.54) is 12.1 Å². The molecule has 0 amide bonds. The van der Waals surface area contributed by atoms with Crippen molar-refractivity contribution in [3.8, 4) is 0 Å². The summed E-state index contributed by atoms with van der Waals surface area (Å²) in [6.07, 6.45) is 2.20. The minimum absolute atomic E-state index is 0.195. The second kappa shape index (κ2) is 5.10. The Kier molecular flexibility index (Phi) is 3.54. The quantitative estimate of drug-likeness (QED) is 0.884. The lowest BCUT2D eigenvalue weighted by atomic mass is 10.1. The molecule has 1 atom stereocenters. The number of hydrogen-bond donors (Lipinski definition) is 1. The van der Waals surface area contributed by atoms with Gasteiger partial charge in [0.1, 0.15) is 12.1 Å². The van der Waals surface area contributed by atoms with Crippen LogP contribution in [-0.4, -0.2) is 11.5 Å². The molecule has 0 saturated heterocycles. The topological polar surface area (TPSA) is 52.0 Å². The Morgan fingerprint density at radius 1 is 1.35 bits per heavy atom. The van der Waals surface area contributed by atoms with Crippen LogP contribution in [0.15, 0.2) is 34.9 Å². The molecule has 0 spiro atoms. The number of nitrogens with zero attached hydrogens (tertiary/aromatic N) is 1. The molecule has 1 aromatic carbocycles. The number of aromatic nitrogens is 1. The number of hydrogen-bond acceptors (Lipinski definition) is 3. The van der Waals surface area contributed by atoms with E-state index < -0.39 is 0 Å². The molecule has 2 aromatic rings. The third-order valence-corrected chi connectivity index (χ3v) is 2.70. The average molecular weight is 234 g/mol. The molecule has 3 nitrogen and oxygen atoms in total. The molecule has 1 unspecified atom stereocenters. The van der Waals surface area contributed by atoms with E-state index in [9.17, 15) is 4.39 Å². The molecule has 0 radical (unpaired) electrons. The third-order valence-electron chi connectivity index (χ3n) is 2.70. The van der Waals surface area contributed by atoms with Crippen LogP contribution in [0, 0.1) is 5.82 Å². The molecule has 1 heterocycles. The van der Waals surface area contributed by atoms with Gasteiger partial charge in [-0.25, -0.2) is 9.37 Å². The van der Waals surface area contributed by atoms with Crippen LogP contribution in [0.2, 0.25) is 0 Å². The first-order valence-electron chi connectivity index (χ1n) is 5.58. The fourth-order valence-corrected chi connectivity index (χ4v) is 1.53. The van der Waals surface area contributed by atoms with Gasteiger partial charge in [-0.3, -0.25) is 0 Å². The lowest BCUT2D eigenvalue weighted by Crippen LogP contribution is -2.09. The van der Waals surface area contributed by atoms with Crippen LogP contribution in [-0.2, 0) is 6.42 Å². The molecule has 90 valence electrons. The maximum absolute atomic E-state index is 12.7. The fourth-order valence-electron chi connectivity index (χ4n) is 1.53. The molecule has 0 bridgehead atoms. The van der Waals surface area contributed by atoms with Crippen LogP contribution in [0.5, 0.6) is 0 Å².